The molecule has 1 fully saturated rings. The van der Waals surface area contributed by atoms with Crippen molar-refractivity contribution in [3.63, 3.8) is 0 Å². The summed E-state index contributed by atoms with van der Waals surface area (Å²) < 4.78 is 23.3. The topological polar surface area (TPSA) is 20.2 Å². The van der Waals surface area contributed by atoms with Crippen LogP contribution in [0.25, 0.3) is 0 Å². The number of aliphatic hydroxyl groups is 1. The fourth-order valence-corrected chi connectivity index (χ4v) is 0.426. The van der Waals surface area contributed by atoms with E-state index in [1.807, 2.05) is 0 Å². The Kier molecular flexibility index (Phi) is 0.819. The monoisotopic (exact) mass is 107 g/mol. The second-order valence-corrected chi connectivity index (χ2v) is 1.66. The van der Waals surface area contributed by atoms with Crippen LogP contribution in [0.4, 0.5) is 8.78 Å². The molecule has 1 saturated carbocycles. The molecular formula is C4H5F2O. The van der Waals surface area contributed by atoms with Crippen LogP contribution in [0.2, 0.25) is 0 Å². The Morgan fingerprint density at radius 3 is 2.14 bits per heavy atom. The van der Waals surface area contributed by atoms with E-state index in [1.165, 1.54) is 0 Å². The average Bonchev–Trinajstić information content (AvgIpc) is 1.63. The Morgan fingerprint density at radius 2 is 2.14 bits per heavy atom. The van der Waals surface area contributed by atoms with E-state index in [4.69, 9.17) is 5.11 Å². The summed E-state index contributed by atoms with van der Waals surface area (Å²) in [6, 6.07) is 0. The van der Waals surface area contributed by atoms with Gasteiger partial charge in [-0.2, -0.15) is 0 Å². The lowest BCUT2D eigenvalue weighted by atomic mass is 9.91. The molecule has 0 aromatic carbocycles. The van der Waals surface area contributed by atoms with E-state index in [0.29, 0.717) is 0 Å². The zero-order chi connectivity index (χ0) is 5.49. The Bertz CT molecular complexity index is 81.8. The van der Waals surface area contributed by atoms with Crippen LogP contribution in [0.5, 0.6) is 0 Å². The van der Waals surface area contributed by atoms with E-state index >= 15 is 0 Å². The number of rotatable bonds is 0. The van der Waals surface area contributed by atoms with Crippen LogP contribution in [0.1, 0.15) is 12.8 Å². The first kappa shape index (κ1) is 4.97. The van der Waals surface area contributed by atoms with Crippen molar-refractivity contribution in [1.29, 1.82) is 0 Å². The number of halogens is 2. The van der Waals surface area contributed by atoms with Crippen molar-refractivity contribution in [2.45, 2.75) is 18.7 Å². The van der Waals surface area contributed by atoms with Gasteiger partial charge in [0.05, 0.1) is 0 Å². The Hall–Kier alpha value is -0.180. The van der Waals surface area contributed by atoms with Crippen molar-refractivity contribution in [2.24, 2.45) is 0 Å². The summed E-state index contributed by atoms with van der Waals surface area (Å²) in [5.74, 6) is -2.57. The maximum atomic E-state index is 11.7. The molecule has 0 saturated heterocycles. The van der Waals surface area contributed by atoms with E-state index in [9.17, 15) is 8.78 Å². The summed E-state index contributed by atoms with van der Waals surface area (Å²) in [5.41, 5.74) is 0. The molecule has 7 heavy (non-hydrogen) atoms. The molecule has 1 aliphatic carbocycles. The van der Waals surface area contributed by atoms with Gasteiger partial charge >= 0.3 is 0 Å². The molecule has 3 heteroatoms. The molecule has 1 nitrogen and oxygen atoms in total. The van der Waals surface area contributed by atoms with Crippen LogP contribution >= 0.6 is 0 Å². The van der Waals surface area contributed by atoms with Gasteiger partial charge in [0.2, 0.25) is 12.0 Å². The first-order valence-corrected chi connectivity index (χ1v) is 2.06. The van der Waals surface area contributed by atoms with Crippen LogP contribution in [0.15, 0.2) is 0 Å². The van der Waals surface area contributed by atoms with Crippen molar-refractivity contribution in [1.82, 2.24) is 0 Å². The average molecular weight is 107 g/mol. The fraction of sp³-hybridized carbons (Fsp3) is 0.750. The minimum Gasteiger partial charge on any atom is -0.359 e. The van der Waals surface area contributed by atoms with Gasteiger partial charge in [-0.05, 0) is 6.42 Å². The Morgan fingerprint density at radius 1 is 1.71 bits per heavy atom. The lowest BCUT2D eigenvalue weighted by Gasteiger charge is -2.30. The predicted molar refractivity (Wildman–Crippen MR) is 19.6 cm³/mol. The van der Waals surface area contributed by atoms with Gasteiger partial charge in [-0.1, -0.05) is 0 Å². The normalized spacial score (nSPS) is 43.3. The van der Waals surface area contributed by atoms with Crippen molar-refractivity contribution >= 4 is 0 Å². The van der Waals surface area contributed by atoms with E-state index < -0.39 is 12.0 Å². The summed E-state index contributed by atoms with van der Waals surface area (Å²) in [6.07, 6.45) is -0.946. The third-order valence-corrected chi connectivity index (χ3v) is 1.09. The van der Waals surface area contributed by atoms with Gasteiger partial charge in [-0.15, -0.1) is 0 Å². The zero-order valence-electron chi connectivity index (χ0n) is 3.62. The number of hydrogen-bond donors (Lipinski definition) is 1. The van der Waals surface area contributed by atoms with Gasteiger partial charge in [0.1, 0.15) is 0 Å². The predicted octanol–water partition coefficient (Wildman–Crippen LogP) is 0.940. The summed E-state index contributed by atoms with van der Waals surface area (Å²) in [5, 5.41) is 8.10. The van der Waals surface area contributed by atoms with Crippen LogP contribution in [0, 0.1) is 6.17 Å². The van der Waals surface area contributed by atoms with Gasteiger partial charge in [0.25, 0.3) is 0 Å². The van der Waals surface area contributed by atoms with Gasteiger partial charge in [0, 0.05) is 6.42 Å². The SMILES string of the molecule is OC1(F)CC[C]1F. The van der Waals surface area contributed by atoms with Crippen LogP contribution in [0.3, 0.4) is 0 Å². The van der Waals surface area contributed by atoms with Crippen LogP contribution < -0.4 is 0 Å². The van der Waals surface area contributed by atoms with E-state index in [2.05, 4.69) is 0 Å². The minimum atomic E-state index is -2.57. The van der Waals surface area contributed by atoms with Gasteiger partial charge < -0.3 is 5.11 Å². The summed E-state index contributed by atoms with van der Waals surface area (Å²) in [6.45, 7) is 0. The summed E-state index contributed by atoms with van der Waals surface area (Å²) in [4.78, 5) is 0. The maximum Gasteiger partial charge on any atom is 0.244 e. The first-order valence-electron chi connectivity index (χ1n) is 2.06. The van der Waals surface area contributed by atoms with Crippen LogP contribution in [-0.2, 0) is 0 Å². The molecule has 1 rings (SSSR count). The first-order chi connectivity index (χ1) is 3.13. The van der Waals surface area contributed by atoms with Crippen molar-refractivity contribution in [3.8, 4) is 0 Å². The van der Waals surface area contributed by atoms with E-state index in [-0.39, 0.29) is 12.8 Å². The quantitative estimate of drug-likeness (QED) is 0.488. The molecule has 0 heterocycles. The molecule has 0 amide bonds. The smallest absolute Gasteiger partial charge is 0.244 e. The molecule has 0 aromatic rings. The third kappa shape index (κ3) is 0.608. The molecule has 1 radical (unpaired) electrons. The highest BCUT2D eigenvalue weighted by atomic mass is 19.2. The Balaban J connectivity index is 2.43. The molecular weight excluding hydrogens is 102 g/mol. The molecule has 0 spiro atoms. The third-order valence-electron chi connectivity index (χ3n) is 1.09. The number of hydrogen-bond acceptors (Lipinski definition) is 1. The minimum absolute atomic E-state index is 0.0764. The lowest BCUT2D eigenvalue weighted by molar-refractivity contribution is -0.151. The second-order valence-electron chi connectivity index (χ2n) is 1.66. The van der Waals surface area contributed by atoms with Crippen LogP contribution in [-0.4, -0.2) is 11.0 Å². The zero-order valence-corrected chi connectivity index (χ0v) is 3.62. The standard InChI is InChI=1S/C4H5F2O/c5-3-1-2-4(3,6)7/h7H,1-2H2. The van der Waals surface area contributed by atoms with Gasteiger partial charge in [-0.25, -0.2) is 8.78 Å². The van der Waals surface area contributed by atoms with Gasteiger partial charge in [0.15, 0.2) is 0 Å². The number of alkyl halides is 1. The fourth-order valence-electron chi connectivity index (χ4n) is 0.426. The highest BCUT2D eigenvalue weighted by Crippen LogP contribution is 2.42. The molecule has 1 unspecified atom stereocenters. The lowest BCUT2D eigenvalue weighted by Crippen LogP contribution is -2.38. The van der Waals surface area contributed by atoms with E-state index in [1.54, 1.807) is 0 Å². The maximum absolute atomic E-state index is 11.7. The molecule has 0 aromatic heterocycles. The molecule has 1 atom stereocenters. The van der Waals surface area contributed by atoms with Crippen molar-refractivity contribution < 1.29 is 13.9 Å². The molecule has 0 bridgehead atoms. The Labute approximate surface area is 40.0 Å². The molecule has 0 aliphatic heterocycles. The van der Waals surface area contributed by atoms with Crippen molar-refractivity contribution in [2.75, 3.05) is 0 Å². The molecule has 1 aliphatic rings. The highest BCUT2D eigenvalue weighted by Gasteiger charge is 2.47. The van der Waals surface area contributed by atoms with Gasteiger partial charge in [-0.3, -0.25) is 0 Å². The summed E-state index contributed by atoms with van der Waals surface area (Å²) in [7, 11) is 0. The van der Waals surface area contributed by atoms with E-state index in [0.717, 1.165) is 0 Å². The highest BCUT2D eigenvalue weighted by molar-refractivity contribution is 5.03. The largest absolute Gasteiger partial charge is 0.359 e. The molecule has 41 valence electrons. The van der Waals surface area contributed by atoms with Crippen molar-refractivity contribution in [3.05, 3.63) is 6.17 Å². The summed E-state index contributed by atoms with van der Waals surface area (Å²) >= 11 is 0. The molecule has 1 N–H and O–H groups in total. The second kappa shape index (κ2) is 1.15.